The van der Waals surface area contributed by atoms with Crippen molar-refractivity contribution in [2.24, 2.45) is 5.92 Å². The van der Waals surface area contributed by atoms with E-state index >= 15 is 0 Å². The van der Waals surface area contributed by atoms with Gasteiger partial charge in [-0.3, -0.25) is 9.37 Å². The molecule has 0 saturated heterocycles. The maximum absolute atomic E-state index is 12.6. The molecule has 0 aromatic carbocycles. The van der Waals surface area contributed by atoms with Gasteiger partial charge in [-0.2, -0.15) is 0 Å². The van der Waals surface area contributed by atoms with Crippen LogP contribution in [0.4, 0.5) is 15.8 Å². The second-order valence-corrected chi connectivity index (χ2v) is 6.16. The fraction of sp³-hybridized carbons (Fsp3) is 0.500. The van der Waals surface area contributed by atoms with Gasteiger partial charge in [0.05, 0.1) is 34.5 Å². The number of nitrogens with one attached hydrogen (secondary N) is 1. The molecule has 0 atom stereocenters. The zero-order chi connectivity index (χ0) is 13.2. The van der Waals surface area contributed by atoms with Crippen molar-refractivity contribution in [3.63, 3.8) is 0 Å². The van der Waals surface area contributed by atoms with E-state index in [2.05, 4.69) is 10.3 Å². The highest BCUT2D eigenvalue weighted by Crippen LogP contribution is 2.35. The minimum Gasteiger partial charge on any atom is -0.396 e. The van der Waals surface area contributed by atoms with E-state index < -0.39 is 0 Å². The van der Waals surface area contributed by atoms with Gasteiger partial charge in [-0.05, 0) is 43.0 Å². The average molecular weight is 279 g/mol. The lowest BCUT2D eigenvalue weighted by atomic mass is 9.87. The van der Waals surface area contributed by atoms with Crippen molar-refractivity contribution in [2.45, 2.75) is 31.7 Å². The van der Waals surface area contributed by atoms with Gasteiger partial charge < -0.3 is 11.1 Å². The van der Waals surface area contributed by atoms with Crippen LogP contribution in [-0.2, 0) is 0 Å². The summed E-state index contributed by atoms with van der Waals surface area (Å²) in [4.78, 5) is 4.32. The van der Waals surface area contributed by atoms with E-state index in [1.54, 1.807) is 17.5 Å². The molecule has 0 aliphatic heterocycles. The molecule has 0 bridgehead atoms. The van der Waals surface area contributed by atoms with Crippen LogP contribution >= 0.6 is 11.3 Å². The predicted molar refractivity (Wildman–Crippen MR) is 79.4 cm³/mol. The summed E-state index contributed by atoms with van der Waals surface area (Å²) in [5, 5.41) is 5.58. The first kappa shape index (κ1) is 12.7. The first-order chi connectivity index (χ1) is 9.28. The Hall–Kier alpha value is -1.36. The van der Waals surface area contributed by atoms with Gasteiger partial charge in [0.2, 0.25) is 0 Å². The van der Waals surface area contributed by atoms with Crippen molar-refractivity contribution < 1.29 is 4.39 Å². The molecule has 1 aliphatic rings. The monoisotopic (exact) mass is 279 g/mol. The van der Waals surface area contributed by atoms with Crippen molar-refractivity contribution in [1.29, 1.82) is 0 Å². The Morgan fingerprint density at radius 3 is 2.89 bits per heavy atom. The SMILES string of the molecule is Nc1cnc2ccsc2c1NC1CCC(CF)CC1. The summed E-state index contributed by atoms with van der Waals surface area (Å²) in [5.74, 6) is 0.259. The lowest BCUT2D eigenvalue weighted by Crippen LogP contribution is -2.27. The van der Waals surface area contributed by atoms with E-state index in [4.69, 9.17) is 5.73 Å². The number of nitrogens with two attached hydrogens (primary N) is 1. The number of hydrogen-bond donors (Lipinski definition) is 2. The van der Waals surface area contributed by atoms with Crippen LogP contribution < -0.4 is 11.1 Å². The van der Waals surface area contributed by atoms with Crippen molar-refractivity contribution in [2.75, 3.05) is 17.7 Å². The number of thiophene rings is 1. The smallest absolute Gasteiger partial charge is 0.0922 e. The zero-order valence-corrected chi connectivity index (χ0v) is 11.5. The molecule has 1 fully saturated rings. The van der Waals surface area contributed by atoms with Gasteiger partial charge >= 0.3 is 0 Å². The van der Waals surface area contributed by atoms with Gasteiger partial charge in [0.1, 0.15) is 0 Å². The van der Waals surface area contributed by atoms with E-state index in [0.717, 1.165) is 41.6 Å². The largest absolute Gasteiger partial charge is 0.396 e. The Morgan fingerprint density at radius 1 is 1.37 bits per heavy atom. The molecule has 0 amide bonds. The maximum atomic E-state index is 12.6. The van der Waals surface area contributed by atoms with Gasteiger partial charge in [-0.25, -0.2) is 0 Å². The number of nitrogens with zero attached hydrogens (tertiary/aromatic N) is 1. The van der Waals surface area contributed by atoms with Crippen LogP contribution in [-0.4, -0.2) is 17.7 Å². The highest BCUT2D eigenvalue weighted by atomic mass is 32.1. The maximum Gasteiger partial charge on any atom is 0.0922 e. The van der Waals surface area contributed by atoms with Crippen molar-refractivity contribution in [1.82, 2.24) is 4.98 Å². The topological polar surface area (TPSA) is 50.9 Å². The molecular formula is C14H18FN3S. The van der Waals surface area contributed by atoms with Crippen molar-refractivity contribution in [3.05, 3.63) is 17.6 Å². The van der Waals surface area contributed by atoms with Crippen LogP contribution in [0.1, 0.15) is 25.7 Å². The number of fused-ring (bicyclic) bond motifs is 1. The summed E-state index contributed by atoms with van der Waals surface area (Å²) in [7, 11) is 0. The number of halogens is 1. The Bertz CT molecular complexity index is 561. The first-order valence-corrected chi connectivity index (χ1v) is 7.60. The van der Waals surface area contributed by atoms with E-state index in [9.17, 15) is 4.39 Å². The lowest BCUT2D eigenvalue weighted by molar-refractivity contribution is 0.270. The highest BCUT2D eigenvalue weighted by Gasteiger charge is 2.22. The molecule has 5 heteroatoms. The molecule has 0 spiro atoms. The molecule has 102 valence electrons. The van der Waals surface area contributed by atoms with Crippen LogP contribution in [0.5, 0.6) is 0 Å². The van der Waals surface area contributed by atoms with E-state index in [0.29, 0.717) is 11.7 Å². The predicted octanol–water partition coefficient (Wildman–Crippen LogP) is 3.82. The fourth-order valence-electron chi connectivity index (χ4n) is 2.74. The minimum atomic E-state index is -0.181. The second kappa shape index (κ2) is 5.33. The van der Waals surface area contributed by atoms with Crippen molar-refractivity contribution in [3.8, 4) is 0 Å². The lowest BCUT2D eigenvalue weighted by Gasteiger charge is -2.28. The molecule has 1 saturated carbocycles. The Morgan fingerprint density at radius 2 is 2.16 bits per heavy atom. The number of rotatable bonds is 3. The standard InChI is InChI=1S/C14H18FN3S/c15-7-9-1-3-10(4-2-9)18-13-11(16)8-17-12-5-6-19-14(12)13/h5-6,8-10H,1-4,7,16H2,(H,17,18). The van der Waals surface area contributed by atoms with Gasteiger partial charge in [0, 0.05) is 6.04 Å². The van der Waals surface area contributed by atoms with Crippen LogP contribution in [0.2, 0.25) is 0 Å². The van der Waals surface area contributed by atoms with Gasteiger partial charge in [-0.1, -0.05) is 0 Å². The Labute approximate surface area is 116 Å². The summed E-state index contributed by atoms with van der Waals surface area (Å²) in [6.45, 7) is -0.181. The van der Waals surface area contributed by atoms with E-state index in [1.807, 2.05) is 11.4 Å². The normalized spacial score (nSPS) is 23.6. The molecule has 0 radical (unpaired) electrons. The first-order valence-electron chi connectivity index (χ1n) is 6.72. The highest BCUT2D eigenvalue weighted by molar-refractivity contribution is 7.17. The fourth-order valence-corrected chi connectivity index (χ4v) is 3.61. The Balaban J connectivity index is 1.78. The summed E-state index contributed by atoms with van der Waals surface area (Å²) >= 11 is 1.66. The molecule has 1 aliphatic carbocycles. The molecule has 3 N–H and O–H groups in total. The Kier molecular flexibility index (Phi) is 3.55. The van der Waals surface area contributed by atoms with Crippen LogP contribution in [0, 0.1) is 5.92 Å². The summed E-state index contributed by atoms with van der Waals surface area (Å²) < 4.78 is 13.7. The second-order valence-electron chi connectivity index (χ2n) is 5.24. The summed E-state index contributed by atoms with van der Waals surface area (Å²) in [6, 6.07) is 2.41. The van der Waals surface area contributed by atoms with Crippen LogP contribution in [0.25, 0.3) is 10.2 Å². The minimum absolute atomic E-state index is 0.181. The van der Waals surface area contributed by atoms with Crippen molar-refractivity contribution >= 4 is 32.9 Å². The van der Waals surface area contributed by atoms with Crippen LogP contribution in [0.3, 0.4) is 0 Å². The average Bonchev–Trinajstić information content (AvgIpc) is 2.91. The van der Waals surface area contributed by atoms with E-state index in [-0.39, 0.29) is 12.6 Å². The quantitative estimate of drug-likeness (QED) is 0.898. The third-order valence-electron chi connectivity index (χ3n) is 3.92. The number of anilines is 2. The molecule has 0 unspecified atom stereocenters. The molecular weight excluding hydrogens is 261 g/mol. The number of pyridine rings is 1. The van der Waals surface area contributed by atoms with E-state index in [1.165, 1.54) is 0 Å². The summed E-state index contributed by atoms with van der Waals surface area (Å²) in [6.07, 6.45) is 5.68. The molecule has 2 heterocycles. The van der Waals surface area contributed by atoms with Gasteiger partial charge in [0.25, 0.3) is 0 Å². The molecule has 2 aromatic rings. The third-order valence-corrected chi connectivity index (χ3v) is 4.84. The zero-order valence-electron chi connectivity index (χ0n) is 10.7. The third kappa shape index (κ3) is 2.52. The van der Waals surface area contributed by atoms with Crippen LogP contribution in [0.15, 0.2) is 17.6 Å². The summed E-state index contributed by atoms with van der Waals surface area (Å²) in [5.41, 5.74) is 8.72. The molecule has 3 rings (SSSR count). The molecule has 19 heavy (non-hydrogen) atoms. The number of nitrogen functional groups attached to an aromatic ring is 1. The molecule has 2 aromatic heterocycles. The van der Waals surface area contributed by atoms with Gasteiger partial charge in [-0.15, -0.1) is 11.3 Å². The molecule has 3 nitrogen and oxygen atoms in total. The number of aromatic nitrogens is 1. The number of hydrogen-bond acceptors (Lipinski definition) is 4. The van der Waals surface area contributed by atoms with Gasteiger partial charge in [0.15, 0.2) is 0 Å². The number of alkyl halides is 1.